The van der Waals surface area contributed by atoms with Gasteiger partial charge in [0.15, 0.2) is 0 Å². The van der Waals surface area contributed by atoms with Crippen LogP contribution in [0.1, 0.15) is 19.4 Å². The Balaban J connectivity index is 2.90. The van der Waals surface area contributed by atoms with E-state index in [1.807, 2.05) is 38.1 Å². The standard InChI is InChI=1S/C11H14O2/c1-9(2)13-11-6-4-3-5-10(11)7-8-12/h3-9,12H,1-2H3/b8-7+. The second-order valence-corrected chi connectivity index (χ2v) is 3.02. The van der Waals surface area contributed by atoms with Gasteiger partial charge in [-0.05, 0) is 26.0 Å². The molecular formula is C11H14O2. The molecule has 0 bridgehead atoms. The summed E-state index contributed by atoms with van der Waals surface area (Å²) < 4.78 is 5.54. The number of hydrogen-bond donors (Lipinski definition) is 1. The second kappa shape index (κ2) is 4.55. The van der Waals surface area contributed by atoms with Gasteiger partial charge in [-0.15, -0.1) is 0 Å². The highest BCUT2D eigenvalue weighted by atomic mass is 16.5. The smallest absolute Gasteiger partial charge is 0.127 e. The van der Waals surface area contributed by atoms with Crippen LogP contribution in [-0.4, -0.2) is 11.2 Å². The lowest BCUT2D eigenvalue weighted by Gasteiger charge is -2.11. The molecule has 70 valence electrons. The third-order valence-electron chi connectivity index (χ3n) is 1.54. The summed E-state index contributed by atoms with van der Waals surface area (Å²) in [5, 5.41) is 8.64. The molecule has 1 rings (SSSR count). The molecule has 13 heavy (non-hydrogen) atoms. The van der Waals surface area contributed by atoms with Gasteiger partial charge in [0, 0.05) is 5.56 Å². The monoisotopic (exact) mass is 178 g/mol. The Morgan fingerprint density at radius 3 is 2.62 bits per heavy atom. The fourth-order valence-corrected chi connectivity index (χ4v) is 1.06. The maximum atomic E-state index is 8.64. The summed E-state index contributed by atoms with van der Waals surface area (Å²) in [5.41, 5.74) is 0.888. The van der Waals surface area contributed by atoms with E-state index in [4.69, 9.17) is 9.84 Å². The largest absolute Gasteiger partial charge is 0.516 e. The van der Waals surface area contributed by atoms with E-state index in [-0.39, 0.29) is 6.10 Å². The third-order valence-corrected chi connectivity index (χ3v) is 1.54. The van der Waals surface area contributed by atoms with E-state index in [0.717, 1.165) is 17.6 Å². The van der Waals surface area contributed by atoms with Crippen LogP contribution in [-0.2, 0) is 0 Å². The van der Waals surface area contributed by atoms with E-state index in [0.29, 0.717) is 0 Å². The van der Waals surface area contributed by atoms with E-state index in [1.54, 1.807) is 6.08 Å². The van der Waals surface area contributed by atoms with E-state index >= 15 is 0 Å². The van der Waals surface area contributed by atoms with E-state index in [2.05, 4.69) is 0 Å². The lowest BCUT2D eigenvalue weighted by molar-refractivity contribution is 0.242. The van der Waals surface area contributed by atoms with Crippen LogP contribution in [0.15, 0.2) is 30.5 Å². The van der Waals surface area contributed by atoms with Crippen LogP contribution in [0.4, 0.5) is 0 Å². The van der Waals surface area contributed by atoms with Gasteiger partial charge in [-0.1, -0.05) is 18.2 Å². The molecule has 0 atom stereocenters. The molecule has 0 fully saturated rings. The molecule has 2 nitrogen and oxygen atoms in total. The van der Waals surface area contributed by atoms with Crippen molar-refractivity contribution in [1.82, 2.24) is 0 Å². The van der Waals surface area contributed by atoms with Crippen LogP contribution in [0, 0.1) is 0 Å². The highest BCUT2D eigenvalue weighted by molar-refractivity contribution is 5.56. The molecule has 0 aliphatic carbocycles. The number of rotatable bonds is 3. The zero-order valence-electron chi connectivity index (χ0n) is 7.90. The van der Waals surface area contributed by atoms with Crippen LogP contribution in [0.25, 0.3) is 6.08 Å². The van der Waals surface area contributed by atoms with Crippen molar-refractivity contribution < 1.29 is 9.84 Å². The summed E-state index contributed by atoms with van der Waals surface area (Å²) in [6, 6.07) is 7.59. The van der Waals surface area contributed by atoms with Gasteiger partial charge in [0.25, 0.3) is 0 Å². The summed E-state index contributed by atoms with van der Waals surface area (Å²) in [4.78, 5) is 0. The molecule has 2 heteroatoms. The molecule has 0 saturated carbocycles. The molecule has 1 aromatic rings. The maximum absolute atomic E-state index is 8.64. The highest BCUT2D eigenvalue weighted by Crippen LogP contribution is 2.20. The molecule has 0 aliphatic heterocycles. The van der Waals surface area contributed by atoms with Crippen LogP contribution in [0.5, 0.6) is 5.75 Å². The van der Waals surface area contributed by atoms with Gasteiger partial charge in [-0.2, -0.15) is 0 Å². The lowest BCUT2D eigenvalue weighted by atomic mass is 10.2. The van der Waals surface area contributed by atoms with Crippen molar-refractivity contribution in [3.63, 3.8) is 0 Å². The van der Waals surface area contributed by atoms with E-state index < -0.39 is 0 Å². The van der Waals surface area contributed by atoms with Gasteiger partial charge in [0.05, 0.1) is 12.4 Å². The van der Waals surface area contributed by atoms with Crippen LogP contribution in [0.2, 0.25) is 0 Å². The molecule has 0 unspecified atom stereocenters. The van der Waals surface area contributed by atoms with Gasteiger partial charge in [-0.25, -0.2) is 0 Å². The number of para-hydroxylation sites is 1. The van der Waals surface area contributed by atoms with Crippen LogP contribution >= 0.6 is 0 Å². The highest BCUT2D eigenvalue weighted by Gasteiger charge is 2.00. The Morgan fingerprint density at radius 1 is 1.31 bits per heavy atom. The fourth-order valence-electron chi connectivity index (χ4n) is 1.06. The summed E-state index contributed by atoms with van der Waals surface area (Å²) >= 11 is 0. The average molecular weight is 178 g/mol. The lowest BCUT2D eigenvalue weighted by Crippen LogP contribution is -2.06. The Morgan fingerprint density at radius 2 is 2.00 bits per heavy atom. The SMILES string of the molecule is CC(C)Oc1ccccc1/C=C/O. The van der Waals surface area contributed by atoms with Gasteiger partial charge in [0.1, 0.15) is 5.75 Å². The number of benzene rings is 1. The summed E-state index contributed by atoms with van der Waals surface area (Å²) in [6.07, 6.45) is 2.77. The Bertz CT molecular complexity index is 290. The predicted molar refractivity (Wildman–Crippen MR) is 53.9 cm³/mol. The summed E-state index contributed by atoms with van der Waals surface area (Å²) in [7, 11) is 0. The molecule has 1 N–H and O–H groups in total. The van der Waals surface area contributed by atoms with Crippen LogP contribution in [0.3, 0.4) is 0 Å². The summed E-state index contributed by atoms with van der Waals surface area (Å²) in [6.45, 7) is 3.94. The number of aliphatic hydroxyl groups excluding tert-OH is 1. The first-order valence-electron chi connectivity index (χ1n) is 4.30. The normalized spacial score (nSPS) is 11.0. The van der Waals surface area contributed by atoms with Gasteiger partial charge >= 0.3 is 0 Å². The first kappa shape index (κ1) is 9.65. The molecule has 0 aromatic heterocycles. The molecule has 0 amide bonds. The summed E-state index contributed by atoms with van der Waals surface area (Å²) in [5.74, 6) is 0.794. The molecule has 0 saturated heterocycles. The molecular weight excluding hydrogens is 164 g/mol. The van der Waals surface area contributed by atoms with Crippen molar-refractivity contribution in [2.75, 3.05) is 0 Å². The molecule has 1 aromatic carbocycles. The van der Waals surface area contributed by atoms with Gasteiger partial charge in [0.2, 0.25) is 0 Å². The Labute approximate surface area is 78.5 Å². The van der Waals surface area contributed by atoms with E-state index in [9.17, 15) is 0 Å². The van der Waals surface area contributed by atoms with Crippen molar-refractivity contribution in [2.24, 2.45) is 0 Å². The predicted octanol–water partition coefficient (Wildman–Crippen LogP) is 3.00. The minimum atomic E-state index is 0.147. The van der Waals surface area contributed by atoms with E-state index in [1.165, 1.54) is 0 Å². The van der Waals surface area contributed by atoms with Crippen LogP contribution < -0.4 is 4.74 Å². The zero-order chi connectivity index (χ0) is 9.68. The van der Waals surface area contributed by atoms with Gasteiger partial charge in [-0.3, -0.25) is 0 Å². The zero-order valence-corrected chi connectivity index (χ0v) is 7.90. The first-order chi connectivity index (χ1) is 6.24. The minimum absolute atomic E-state index is 0.147. The molecule has 0 heterocycles. The molecule has 0 aliphatic rings. The maximum Gasteiger partial charge on any atom is 0.127 e. The number of hydrogen-bond acceptors (Lipinski definition) is 2. The number of aliphatic hydroxyl groups is 1. The Kier molecular flexibility index (Phi) is 3.38. The van der Waals surface area contributed by atoms with Gasteiger partial charge < -0.3 is 9.84 Å². The number of ether oxygens (including phenoxy) is 1. The topological polar surface area (TPSA) is 29.5 Å². The molecule has 0 spiro atoms. The first-order valence-corrected chi connectivity index (χ1v) is 4.30. The fraction of sp³-hybridized carbons (Fsp3) is 0.273. The second-order valence-electron chi connectivity index (χ2n) is 3.02. The van der Waals surface area contributed by atoms with Crippen molar-refractivity contribution >= 4 is 6.08 Å². The van der Waals surface area contributed by atoms with Crippen molar-refractivity contribution in [1.29, 1.82) is 0 Å². The third kappa shape index (κ3) is 2.82. The molecule has 0 radical (unpaired) electrons. The van der Waals surface area contributed by atoms with Crippen molar-refractivity contribution in [2.45, 2.75) is 20.0 Å². The average Bonchev–Trinajstić information content (AvgIpc) is 2.08. The van der Waals surface area contributed by atoms with Crippen molar-refractivity contribution in [3.8, 4) is 5.75 Å². The quantitative estimate of drug-likeness (QED) is 0.721. The Hall–Kier alpha value is -1.44. The van der Waals surface area contributed by atoms with Crippen molar-refractivity contribution in [3.05, 3.63) is 36.1 Å². The minimum Gasteiger partial charge on any atom is -0.516 e.